The van der Waals surface area contributed by atoms with Gasteiger partial charge in [0.05, 0.1) is 5.69 Å². The molecule has 0 bridgehead atoms. The summed E-state index contributed by atoms with van der Waals surface area (Å²) in [5.41, 5.74) is 1.17. The van der Waals surface area contributed by atoms with Crippen molar-refractivity contribution in [1.82, 2.24) is 10.3 Å². The fourth-order valence-electron chi connectivity index (χ4n) is 1.64. The number of carbonyl (C=O) groups is 2. The van der Waals surface area contributed by atoms with Crippen LogP contribution in [0.4, 0.5) is 0 Å². The van der Waals surface area contributed by atoms with E-state index in [1.165, 1.54) is 6.92 Å². The molecule has 2 N–H and O–H groups in total. The highest BCUT2D eigenvalue weighted by atomic mass is 16.4. The largest absolute Gasteiger partial charge is 0.480 e. The maximum atomic E-state index is 11.9. The molecule has 0 radical (unpaired) electrons. The molecule has 1 amide bonds. The Balaban J connectivity index is 2.24. The fourth-order valence-corrected chi connectivity index (χ4v) is 1.64. The van der Waals surface area contributed by atoms with E-state index in [1.807, 2.05) is 30.3 Å². The molecule has 0 unspecified atom stereocenters. The van der Waals surface area contributed by atoms with Crippen LogP contribution in [0.2, 0.25) is 0 Å². The number of carboxylic acid groups (broad SMARTS) is 1. The summed E-state index contributed by atoms with van der Waals surface area (Å²) in [4.78, 5) is 26.8. The minimum absolute atomic E-state index is 0.0250. The van der Waals surface area contributed by atoms with Crippen LogP contribution in [0.1, 0.15) is 23.2 Å². The van der Waals surface area contributed by atoms with Gasteiger partial charge in [0, 0.05) is 5.56 Å². The average Bonchev–Trinajstić information content (AvgIpc) is 2.81. The molecule has 6 nitrogen and oxygen atoms in total. The number of carbonyl (C=O) groups excluding carboxylic acids is 1. The lowest BCUT2D eigenvalue weighted by Crippen LogP contribution is -2.38. The van der Waals surface area contributed by atoms with E-state index in [0.717, 1.165) is 5.56 Å². The van der Waals surface area contributed by atoms with Crippen molar-refractivity contribution in [3.05, 3.63) is 41.8 Å². The normalized spacial score (nSPS) is 11.9. The van der Waals surface area contributed by atoms with E-state index >= 15 is 0 Å². The van der Waals surface area contributed by atoms with Crippen molar-refractivity contribution in [3.8, 4) is 11.5 Å². The first-order chi connectivity index (χ1) is 9.49. The zero-order valence-electron chi connectivity index (χ0n) is 11.1. The Kier molecular flexibility index (Phi) is 3.84. The van der Waals surface area contributed by atoms with E-state index in [1.54, 1.807) is 6.92 Å². The van der Waals surface area contributed by atoms with Crippen LogP contribution < -0.4 is 5.32 Å². The van der Waals surface area contributed by atoms with E-state index in [9.17, 15) is 9.59 Å². The summed E-state index contributed by atoms with van der Waals surface area (Å²) < 4.78 is 5.43. The molecule has 1 aromatic heterocycles. The third kappa shape index (κ3) is 2.85. The maximum Gasteiger partial charge on any atom is 0.325 e. The van der Waals surface area contributed by atoms with Gasteiger partial charge in [0.25, 0.3) is 5.91 Å². The molecular formula is C14H14N2O4. The van der Waals surface area contributed by atoms with E-state index in [2.05, 4.69) is 10.3 Å². The minimum Gasteiger partial charge on any atom is -0.480 e. The Morgan fingerprint density at radius 2 is 1.95 bits per heavy atom. The average molecular weight is 274 g/mol. The van der Waals surface area contributed by atoms with Crippen molar-refractivity contribution in [3.63, 3.8) is 0 Å². The van der Waals surface area contributed by atoms with E-state index in [0.29, 0.717) is 11.6 Å². The van der Waals surface area contributed by atoms with E-state index in [-0.39, 0.29) is 5.76 Å². The number of hydrogen-bond donors (Lipinski definition) is 2. The maximum absolute atomic E-state index is 11.9. The first-order valence-corrected chi connectivity index (χ1v) is 6.05. The first kappa shape index (κ1) is 13.8. The number of carboxylic acids is 1. The summed E-state index contributed by atoms with van der Waals surface area (Å²) in [5.74, 6) is -1.35. The van der Waals surface area contributed by atoms with E-state index in [4.69, 9.17) is 9.52 Å². The van der Waals surface area contributed by atoms with Crippen molar-refractivity contribution in [2.24, 2.45) is 0 Å². The van der Waals surface area contributed by atoms with Gasteiger partial charge in [-0.3, -0.25) is 9.59 Å². The lowest BCUT2D eigenvalue weighted by Gasteiger charge is -2.07. The third-order valence-electron chi connectivity index (χ3n) is 2.74. The number of aromatic nitrogens is 1. The van der Waals surface area contributed by atoms with Crippen molar-refractivity contribution in [2.75, 3.05) is 0 Å². The molecule has 0 fully saturated rings. The van der Waals surface area contributed by atoms with Gasteiger partial charge in [-0.2, -0.15) is 0 Å². The van der Waals surface area contributed by atoms with Gasteiger partial charge in [-0.25, -0.2) is 4.98 Å². The molecule has 0 aliphatic heterocycles. The molecule has 20 heavy (non-hydrogen) atoms. The topological polar surface area (TPSA) is 92.4 Å². The number of aryl methyl sites for hydroxylation is 1. The van der Waals surface area contributed by atoms with E-state index < -0.39 is 17.9 Å². The highest BCUT2D eigenvalue weighted by Gasteiger charge is 2.21. The fraction of sp³-hybridized carbons (Fsp3) is 0.214. The predicted octanol–water partition coefficient (Wildman–Crippen LogP) is 1.85. The molecule has 0 saturated heterocycles. The number of nitrogens with one attached hydrogen (secondary N) is 1. The molecule has 0 aliphatic carbocycles. The molecule has 0 spiro atoms. The number of aliphatic carboxylic acids is 1. The standard InChI is InChI=1S/C14H14N2O4/c1-8-11(12(17)15-9(2)14(18)19)20-13(16-8)10-6-4-3-5-7-10/h3-7,9H,1-2H3,(H,15,17)(H,18,19)/t9-/m0/s1. The van der Waals surface area contributed by atoms with Crippen molar-refractivity contribution >= 4 is 11.9 Å². The van der Waals surface area contributed by atoms with Gasteiger partial charge in [0.2, 0.25) is 11.7 Å². The van der Waals surface area contributed by atoms with Crippen molar-refractivity contribution < 1.29 is 19.1 Å². The zero-order chi connectivity index (χ0) is 14.7. The highest BCUT2D eigenvalue weighted by Crippen LogP contribution is 2.21. The SMILES string of the molecule is Cc1nc(-c2ccccc2)oc1C(=O)N[C@@H](C)C(=O)O. The molecule has 0 aliphatic rings. The Morgan fingerprint density at radius 3 is 2.55 bits per heavy atom. The number of hydrogen-bond acceptors (Lipinski definition) is 4. The number of oxazole rings is 1. The Labute approximate surface area is 115 Å². The first-order valence-electron chi connectivity index (χ1n) is 6.05. The summed E-state index contributed by atoms with van der Waals surface area (Å²) >= 11 is 0. The van der Waals surface area contributed by atoms with Gasteiger partial charge >= 0.3 is 5.97 Å². The molecule has 1 heterocycles. The van der Waals surface area contributed by atoms with Crippen LogP contribution >= 0.6 is 0 Å². The lowest BCUT2D eigenvalue weighted by atomic mass is 10.2. The second kappa shape index (κ2) is 5.56. The second-order valence-electron chi connectivity index (χ2n) is 4.33. The van der Waals surface area contributed by atoms with Crippen LogP contribution in [0.3, 0.4) is 0 Å². The van der Waals surface area contributed by atoms with Gasteiger partial charge in [0.1, 0.15) is 6.04 Å². The quantitative estimate of drug-likeness (QED) is 0.887. The van der Waals surface area contributed by atoms with Gasteiger partial charge in [-0.05, 0) is 26.0 Å². The van der Waals surface area contributed by atoms with Crippen molar-refractivity contribution in [2.45, 2.75) is 19.9 Å². The minimum atomic E-state index is -1.11. The van der Waals surface area contributed by atoms with Crippen LogP contribution in [0.15, 0.2) is 34.7 Å². The zero-order valence-corrected chi connectivity index (χ0v) is 11.1. The van der Waals surface area contributed by atoms with Crippen LogP contribution in [0.5, 0.6) is 0 Å². The summed E-state index contributed by atoms with van der Waals surface area (Å²) in [7, 11) is 0. The smallest absolute Gasteiger partial charge is 0.325 e. The lowest BCUT2D eigenvalue weighted by molar-refractivity contribution is -0.138. The van der Waals surface area contributed by atoms with Crippen LogP contribution in [0.25, 0.3) is 11.5 Å². The number of amides is 1. The Hall–Kier alpha value is -2.63. The van der Waals surface area contributed by atoms with Crippen molar-refractivity contribution in [1.29, 1.82) is 0 Å². The van der Waals surface area contributed by atoms with Gasteiger partial charge < -0.3 is 14.8 Å². The number of nitrogens with zero attached hydrogens (tertiary/aromatic N) is 1. The molecule has 6 heteroatoms. The Morgan fingerprint density at radius 1 is 1.30 bits per heavy atom. The summed E-state index contributed by atoms with van der Waals surface area (Å²) in [6.45, 7) is 3.01. The van der Waals surface area contributed by atoms with Crippen LogP contribution in [0, 0.1) is 6.92 Å². The molecule has 0 saturated carbocycles. The van der Waals surface area contributed by atoms with Gasteiger partial charge in [-0.1, -0.05) is 18.2 Å². The molecule has 1 aromatic carbocycles. The third-order valence-corrected chi connectivity index (χ3v) is 2.74. The summed E-state index contributed by atoms with van der Waals surface area (Å²) in [6.07, 6.45) is 0. The summed E-state index contributed by atoms with van der Waals surface area (Å²) in [6, 6.07) is 8.16. The predicted molar refractivity (Wildman–Crippen MR) is 71.2 cm³/mol. The second-order valence-corrected chi connectivity index (χ2v) is 4.33. The van der Waals surface area contributed by atoms with Gasteiger partial charge in [0.15, 0.2) is 0 Å². The van der Waals surface area contributed by atoms with Gasteiger partial charge in [-0.15, -0.1) is 0 Å². The Bertz CT molecular complexity index is 634. The molecule has 1 atom stereocenters. The van der Waals surface area contributed by atoms with Crippen LogP contribution in [-0.2, 0) is 4.79 Å². The number of rotatable bonds is 4. The monoisotopic (exact) mass is 274 g/mol. The number of benzene rings is 1. The molecule has 2 rings (SSSR count). The highest BCUT2D eigenvalue weighted by molar-refractivity contribution is 5.95. The molecule has 104 valence electrons. The summed E-state index contributed by atoms with van der Waals surface area (Å²) in [5, 5.41) is 11.1. The molecular weight excluding hydrogens is 260 g/mol. The van der Waals surface area contributed by atoms with Crippen LogP contribution in [-0.4, -0.2) is 28.0 Å². The molecule has 2 aromatic rings.